The van der Waals surface area contributed by atoms with Crippen LogP contribution < -0.4 is 10.6 Å². The van der Waals surface area contributed by atoms with Crippen molar-refractivity contribution in [3.8, 4) is 0 Å². The van der Waals surface area contributed by atoms with Gasteiger partial charge in [0.2, 0.25) is 0 Å². The summed E-state index contributed by atoms with van der Waals surface area (Å²) in [6, 6.07) is 21.1. The SMILES string of the molecule is CCNC(=NCC(c1ccccc1)c1ccccc1)NCCCOCCOC.I. The van der Waals surface area contributed by atoms with E-state index in [4.69, 9.17) is 14.5 Å². The quantitative estimate of drug-likeness (QED) is 0.196. The van der Waals surface area contributed by atoms with Gasteiger partial charge in [-0.05, 0) is 24.5 Å². The summed E-state index contributed by atoms with van der Waals surface area (Å²) in [5.41, 5.74) is 2.56. The van der Waals surface area contributed by atoms with E-state index in [-0.39, 0.29) is 29.9 Å². The Bertz CT molecular complexity index is 629. The lowest BCUT2D eigenvalue weighted by Gasteiger charge is -2.18. The van der Waals surface area contributed by atoms with Crippen molar-refractivity contribution in [2.45, 2.75) is 19.3 Å². The molecule has 2 aromatic rings. The third kappa shape index (κ3) is 10.1. The summed E-state index contributed by atoms with van der Waals surface area (Å²) in [7, 11) is 1.68. The molecule has 0 aromatic heterocycles. The highest BCUT2D eigenvalue weighted by molar-refractivity contribution is 14.0. The third-order valence-corrected chi connectivity index (χ3v) is 4.37. The number of nitrogens with one attached hydrogen (secondary N) is 2. The number of guanidine groups is 1. The van der Waals surface area contributed by atoms with Crippen LogP contribution in [0.25, 0.3) is 0 Å². The van der Waals surface area contributed by atoms with Crippen LogP contribution in [-0.2, 0) is 9.47 Å². The Morgan fingerprint density at radius 2 is 1.52 bits per heavy atom. The van der Waals surface area contributed by atoms with Crippen molar-refractivity contribution in [3.05, 3.63) is 71.8 Å². The average Bonchev–Trinajstić information content (AvgIpc) is 2.74. The number of nitrogens with zero attached hydrogens (tertiary/aromatic N) is 1. The van der Waals surface area contributed by atoms with E-state index in [1.54, 1.807) is 7.11 Å². The van der Waals surface area contributed by atoms with Crippen LogP contribution in [0.2, 0.25) is 0 Å². The lowest BCUT2D eigenvalue weighted by molar-refractivity contribution is 0.0698. The van der Waals surface area contributed by atoms with Gasteiger partial charge < -0.3 is 20.1 Å². The molecule has 0 atom stereocenters. The highest BCUT2D eigenvalue weighted by atomic mass is 127. The van der Waals surface area contributed by atoms with E-state index in [1.807, 2.05) is 0 Å². The fourth-order valence-electron chi connectivity index (χ4n) is 2.92. The van der Waals surface area contributed by atoms with Gasteiger partial charge in [-0.1, -0.05) is 60.7 Å². The predicted octanol–water partition coefficient (Wildman–Crippen LogP) is 4.04. The molecule has 5 nitrogen and oxygen atoms in total. The van der Waals surface area contributed by atoms with Crippen molar-refractivity contribution in [1.82, 2.24) is 10.6 Å². The molecule has 0 unspecified atom stereocenters. The first-order valence-electron chi connectivity index (χ1n) is 10.0. The molecule has 0 bridgehead atoms. The highest BCUT2D eigenvalue weighted by Crippen LogP contribution is 2.24. The molecule has 0 saturated carbocycles. The summed E-state index contributed by atoms with van der Waals surface area (Å²) >= 11 is 0. The highest BCUT2D eigenvalue weighted by Gasteiger charge is 2.13. The molecule has 0 aliphatic carbocycles. The van der Waals surface area contributed by atoms with Crippen molar-refractivity contribution < 1.29 is 9.47 Å². The van der Waals surface area contributed by atoms with Gasteiger partial charge in [-0.25, -0.2) is 0 Å². The number of ether oxygens (including phenoxy) is 2. The van der Waals surface area contributed by atoms with Crippen molar-refractivity contribution >= 4 is 29.9 Å². The summed E-state index contributed by atoms with van der Waals surface area (Å²) < 4.78 is 10.5. The fourth-order valence-corrected chi connectivity index (χ4v) is 2.92. The molecular formula is C23H34IN3O2. The Morgan fingerprint density at radius 1 is 0.897 bits per heavy atom. The van der Waals surface area contributed by atoms with E-state index in [9.17, 15) is 0 Å². The van der Waals surface area contributed by atoms with Gasteiger partial charge in [0.25, 0.3) is 0 Å². The van der Waals surface area contributed by atoms with E-state index in [0.29, 0.717) is 26.4 Å². The number of hydrogen-bond donors (Lipinski definition) is 2. The molecule has 0 radical (unpaired) electrons. The van der Waals surface area contributed by atoms with Gasteiger partial charge in [0.05, 0.1) is 19.8 Å². The minimum Gasteiger partial charge on any atom is -0.382 e. The average molecular weight is 511 g/mol. The van der Waals surface area contributed by atoms with Gasteiger partial charge in [0.1, 0.15) is 0 Å². The van der Waals surface area contributed by atoms with Gasteiger partial charge in [-0.3, -0.25) is 4.99 Å². The zero-order chi connectivity index (χ0) is 19.9. The first-order valence-corrected chi connectivity index (χ1v) is 10.0. The molecule has 0 heterocycles. The molecule has 2 rings (SSSR count). The molecule has 29 heavy (non-hydrogen) atoms. The van der Waals surface area contributed by atoms with Crippen LogP contribution in [0.1, 0.15) is 30.4 Å². The summed E-state index contributed by atoms with van der Waals surface area (Å²) in [6.45, 7) is 6.41. The Morgan fingerprint density at radius 3 is 2.07 bits per heavy atom. The van der Waals surface area contributed by atoms with Gasteiger partial charge >= 0.3 is 0 Å². The maximum absolute atomic E-state index is 5.50. The van der Waals surface area contributed by atoms with E-state index in [1.165, 1.54) is 11.1 Å². The van der Waals surface area contributed by atoms with Crippen LogP contribution in [0.3, 0.4) is 0 Å². The van der Waals surface area contributed by atoms with Crippen LogP contribution >= 0.6 is 24.0 Å². The molecule has 0 aliphatic rings. The maximum Gasteiger partial charge on any atom is 0.191 e. The van der Waals surface area contributed by atoms with Gasteiger partial charge in [0, 0.05) is 32.7 Å². The molecule has 2 N–H and O–H groups in total. The molecule has 6 heteroatoms. The lowest BCUT2D eigenvalue weighted by atomic mass is 9.91. The minimum absolute atomic E-state index is 0. The smallest absolute Gasteiger partial charge is 0.191 e. The van der Waals surface area contributed by atoms with E-state index >= 15 is 0 Å². The van der Waals surface area contributed by atoms with Crippen LogP contribution in [0.4, 0.5) is 0 Å². The van der Waals surface area contributed by atoms with Crippen molar-refractivity contribution in [1.29, 1.82) is 0 Å². The predicted molar refractivity (Wildman–Crippen MR) is 131 cm³/mol. The summed E-state index contributed by atoms with van der Waals surface area (Å²) in [4.78, 5) is 4.85. The lowest BCUT2D eigenvalue weighted by Crippen LogP contribution is -2.38. The van der Waals surface area contributed by atoms with E-state index in [2.05, 4.69) is 78.2 Å². The monoisotopic (exact) mass is 511 g/mol. The third-order valence-electron chi connectivity index (χ3n) is 4.37. The molecule has 160 valence electrons. The number of halogens is 1. The maximum atomic E-state index is 5.50. The van der Waals surface area contributed by atoms with Gasteiger partial charge in [0.15, 0.2) is 5.96 Å². The first-order chi connectivity index (χ1) is 13.8. The van der Waals surface area contributed by atoms with Crippen LogP contribution in [0, 0.1) is 0 Å². The molecule has 0 spiro atoms. The molecule has 0 fully saturated rings. The number of rotatable bonds is 12. The van der Waals surface area contributed by atoms with E-state index in [0.717, 1.165) is 25.5 Å². The zero-order valence-corrected chi connectivity index (χ0v) is 19.8. The minimum atomic E-state index is 0. The summed E-state index contributed by atoms with van der Waals surface area (Å²) in [5.74, 6) is 1.08. The normalized spacial score (nSPS) is 11.2. The van der Waals surface area contributed by atoms with Crippen molar-refractivity contribution in [2.75, 3.05) is 46.6 Å². The standard InChI is InChI=1S/C23H33N3O2.HI/c1-3-24-23(25-15-10-16-28-18-17-27-2)26-19-22(20-11-6-4-7-12-20)21-13-8-5-9-14-21;/h4-9,11-14,22H,3,10,15-19H2,1-2H3,(H2,24,25,26);1H. The summed E-state index contributed by atoms with van der Waals surface area (Å²) in [5, 5.41) is 6.73. The molecule has 2 aromatic carbocycles. The Balaban J connectivity index is 0.00000420. The second-order valence-electron chi connectivity index (χ2n) is 6.48. The Kier molecular flexibility index (Phi) is 14.2. The van der Waals surface area contributed by atoms with Crippen molar-refractivity contribution in [3.63, 3.8) is 0 Å². The zero-order valence-electron chi connectivity index (χ0n) is 17.5. The topological polar surface area (TPSA) is 54.9 Å². The van der Waals surface area contributed by atoms with Gasteiger partial charge in [-0.2, -0.15) is 0 Å². The molecule has 0 aliphatic heterocycles. The Labute approximate surface area is 192 Å². The number of benzene rings is 2. The molecule has 0 saturated heterocycles. The van der Waals surface area contributed by atoms with Gasteiger partial charge in [-0.15, -0.1) is 24.0 Å². The van der Waals surface area contributed by atoms with Crippen LogP contribution in [0.15, 0.2) is 65.7 Å². The largest absolute Gasteiger partial charge is 0.382 e. The molecule has 0 amide bonds. The number of methoxy groups -OCH3 is 1. The Hall–Kier alpha value is -1.64. The fraction of sp³-hybridized carbons (Fsp3) is 0.435. The first kappa shape index (κ1) is 25.4. The summed E-state index contributed by atoms with van der Waals surface area (Å²) in [6.07, 6.45) is 0.926. The molecular weight excluding hydrogens is 477 g/mol. The van der Waals surface area contributed by atoms with Crippen LogP contribution in [0.5, 0.6) is 0 Å². The van der Waals surface area contributed by atoms with E-state index < -0.39 is 0 Å². The second kappa shape index (κ2) is 16.2. The van der Waals surface area contributed by atoms with Crippen molar-refractivity contribution in [2.24, 2.45) is 4.99 Å². The number of hydrogen-bond acceptors (Lipinski definition) is 3. The second-order valence-corrected chi connectivity index (χ2v) is 6.48. The van der Waals surface area contributed by atoms with Crippen LogP contribution in [-0.4, -0.2) is 52.5 Å². The number of aliphatic imine (C=N–C) groups is 1.